The summed E-state index contributed by atoms with van der Waals surface area (Å²) in [4.78, 5) is 4.28. The number of nitrogens with zero attached hydrogens (tertiary/aromatic N) is 3. The zero-order valence-electron chi connectivity index (χ0n) is 10.7. The molecule has 0 atom stereocenters. The molecule has 0 aliphatic carbocycles. The van der Waals surface area contributed by atoms with Gasteiger partial charge in [0.2, 0.25) is 0 Å². The second kappa shape index (κ2) is 5.14. The van der Waals surface area contributed by atoms with Gasteiger partial charge in [0, 0.05) is 13.0 Å². The Morgan fingerprint density at radius 1 is 1.47 bits per heavy atom. The quantitative estimate of drug-likeness (QED) is 0.806. The Morgan fingerprint density at radius 2 is 2.18 bits per heavy atom. The van der Waals surface area contributed by atoms with Crippen molar-refractivity contribution in [2.75, 3.05) is 13.1 Å². The SMILES string of the molecule is CC(C)Cn1ncnc1CC1(O)CCNCC1. The first-order chi connectivity index (χ1) is 8.09. The van der Waals surface area contributed by atoms with Gasteiger partial charge in [-0.05, 0) is 31.8 Å². The second-order valence-corrected chi connectivity index (χ2v) is 5.40. The lowest BCUT2D eigenvalue weighted by Gasteiger charge is -2.32. The van der Waals surface area contributed by atoms with Crippen molar-refractivity contribution in [2.24, 2.45) is 5.92 Å². The molecule has 1 saturated heterocycles. The maximum absolute atomic E-state index is 10.5. The first-order valence-electron chi connectivity index (χ1n) is 6.39. The van der Waals surface area contributed by atoms with Crippen molar-refractivity contribution in [2.45, 2.75) is 45.3 Å². The van der Waals surface area contributed by atoms with Crippen molar-refractivity contribution in [3.8, 4) is 0 Å². The number of aromatic nitrogens is 3. The predicted octanol–water partition coefficient (Wildman–Crippen LogP) is 0.591. The molecule has 0 unspecified atom stereocenters. The number of piperidine rings is 1. The highest BCUT2D eigenvalue weighted by atomic mass is 16.3. The van der Waals surface area contributed by atoms with Gasteiger partial charge in [-0.1, -0.05) is 13.8 Å². The minimum atomic E-state index is -0.604. The normalized spacial score (nSPS) is 19.8. The summed E-state index contributed by atoms with van der Waals surface area (Å²) in [5.41, 5.74) is -0.604. The molecule has 1 aromatic heterocycles. The largest absolute Gasteiger partial charge is 0.389 e. The fourth-order valence-corrected chi connectivity index (χ4v) is 2.29. The first kappa shape index (κ1) is 12.5. The summed E-state index contributed by atoms with van der Waals surface area (Å²) in [7, 11) is 0. The van der Waals surface area contributed by atoms with Gasteiger partial charge in [-0.15, -0.1) is 0 Å². The van der Waals surface area contributed by atoms with Crippen LogP contribution in [-0.2, 0) is 13.0 Å². The van der Waals surface area contributed by atoms with Gasteiger partial charge in [-0.2, -0.15) is 5.10 Å². The zero-order valence-corrected chi connectivity index (χ0v) is 10.7. The van der Waals surface area contributed by atoms with Crippen LogP contribution in [0.3, 0.4) is 0 Å². The summed E-state index contributed by atoms with van der Waals surface area (Å²) >= 11 is 0. The Bertz CT molecular complexity index is 355. The molecule has 0 saturated carbocycles. The summed E-state index contributed by atoms with van der Waals surface area (Å²) in [6, 6.07) is 0. The third kappa shape index (κ3) is 3.26. The van der Waals surface area contributed by atoms with E-state index in [0.717, 1.165) is 38.3 Å². The van der Waals surface area contributed by atoms with Crippen LogP contribution in [0, 0.1) is 5.92 Å². The molecule has 1 aromatic rings. The molecule has 0 spiro atoms. The highest BCUT2D eigenvalue weighted by Crippen LogP contribution is 2.22. The van der Waals surface area contributed by atoms with Crippen LogP contribution in [0.1, 0.15) is 32.5 Å². The van der Waals surface area contributed by atoms with E-state index < -0.39 is 5.60 Å². The molecule has 1 aliphatic heterocycles. The van der Waals surface area contributed by atoms with E-state index in [1.165, 1.54) is 0 Å². The molecule has 2 rings (SSSR count). The van der Waals surface area contributed by atoms with Crippen molar-refractivity contribution in [3.05, 3.63) is 12.2 Å². The van der Waals surface area contributed by atoms with Gasteiger partial charge >= 0.3 is 0 Å². The average Bonchev–Trinajstić information content (AvgIpc) is 2.65. The van der Waals surface area contributed by atoms with Crippen LogP contribution < -0.4 is 5.32 Å². The van der Waals surface area contributed by atoms with Crippen LogP contribution in [0.25, 0.3) is 0 Å². The van der Waals surface area contributed by atoms with Crippen LogP contribution in [0.2, 0.25) is 0 Å². The molecule has 17 heavy (non-hydrogen) atoms. The van der Waals surface area contributed by atoms with E-state index in [1.54, 1.807) is 6.33 Å². The van der Waals surface area contributed by atoms with Crippen molar-refractivity contribution in [3.63, 3.8) is 0 Å². The maximum Gasteiger partial charge on any atom is 0.138 e. The lowest BCUT2D eigenvalue weighted by Crippen LogP contribution is -2.44. The van der Waals surface area contributed by atoms with Gasteiger partial charge < -0.3 is 10.4 Å². The molecule has 0 amide bonds. The number of hydrogen-bond donors (Lipinski definition) is 2. The van der Waals surface area contributed by atoms with Gasteiger partial charge in [0.15, 0.2) is 0 Å². The van der Waals surface area contributed by atoms with E-state index in [1.807, 2.05) is 4.68 Å². The zero-order chi connectivity index (χ0) is 12.3. The Balaban J connectivity index is 2.04. The monoisotopic (exact) mass is 238 g/mol. The van der Waals surface area contributed by atoms with Crippen molar-refractivity contribution in [1.82, 2.24) is 20.1 Å². The van der Waals surface area contributed by atoms with Gasteiger partial charge in [0.25, 0.3) is 0 Å². The van der Waals surface area contributed by atoms with Crippen molar-refractivity contribution in [1.29, 1.82) is 0 Å². The smallest absolute Gasteiger partial charge is 0.138 e. The van der Waals surface area contributed by atoms with Gasteiger partial charge in [-0.25, -0.2) is 9.67 Å². The Labute approximate surface area is 102 Å². The van der Waals surface area contributed by atoms with E-state index in [9.17, 15) is 5.11 Å². The fourth-order valence-electron chi connectivity index (χ4n) is 2.29. The lowest BCUT2D eigenvalue weighted by molar-refractivity contribution is 0.00805. The van der Waals surface area contributed by atoms with Crippen LogP contribution in [-0.4, -0.2) is 38.6 Å². The van der Waals surface area contributed by atoms with Crippen LogP contribution >= 0.6 is 0 Å². The van der Waals surface area contributed by atoms with Crippen molar-refractivity contribution >= 4 is 0 Å². The predicted molar refractivity (Wildman–Crippen MR) is 65.6 cm³/mol. The van der Waals surface area contributed by atoms with Crippen molar-refractivity contribution < 1.29 is 5.11 Å². The molecule has 2 heterocycles. The second-order valence-electron chi connectivity index (χ2n) is 5.40. The number of nitrogens with one attached hydrogen (secondary N) is 1. The van der Waals surface area contributed by atoms with Crippen LogP contribution in [0.4, 0.5) is 0 Å². The standard InChI is InChI=1S/C12H22N4O/c1-10(2)8-16-11(14-9-15-16)7-12(17)3-5-13-6-4-12/h9-10,13,17H,3-8H2,1-2H3. The molecular formula is C12H22N4O. The Hall–Kier alpha value is -0.940. The van der Waals surface area contributed by atoms with E-state index in [4.69, 9.17) is 0 Å². The molecular weight excluding hydrogens is 216 g/mol. The molecule has 2 N–H and O–H groups in total. The molecule has 0 aromatic carbocycles. The van der Waals surface area contributed by atoms with E-state index in [0.29, 0.717) is 12.3 Å². The van der Waals surface area contributed by atoms with Crippen LogP contribution in [0.15, 0.2) is 6.33 Å². The third-order valence-corrected chi connectivity index (χ3v) is 3.26. The lowest BCUT2D eigenvalue weighted by atomic mass is 9.89. The van der Waals surface area contributed by atoms with E-state index in [2.05, 4.69) is 29.2 Å². The summed E-state index contributed by atoms with van der Waals surface area (Å²) in [6.07, 6.45) is 3.78. The number of rotatable bonds is 4. The highest BCUT2D eigenvalue weighted by Gasteiger charge is 2.31. The molecule has 0 bridgehead atoms. The summed E-state index contributed by atoms with van der Waals surface area (Å²) < 4.78 is 1.92. The number of aliphatic hydroxyl groups is 1. The molecule has 1 aliphatic rings. The molecule has 96 valence electrons. The summed E-state index contributed by atoms with van der Waals surface area (Å²) in [6.45, 7) is 6.95. The highest BCUT2D eigenvalue weighted by molar-refractivity contribution is 4.97. The number of hydrogen-bond acceptors (Lipinski definition) is 4. The topological polar surface area (TPSA) is 63.0 Å². The van der Waals surface area contributed by atoms with Gasteiger partial charge in [0.1, 0.15) is 12.2 Å². The molecule has 1 fully saturated rings. The molecule has 0 radical (unpaired) electrons. The summed E-state index contributed by atoms with van der Waals surface area (Å²) in [5, 5.41) is 18.0. The average molecular weight is 238 g/mol. The Morgan fingerprint density at radius 3 is 2.82 bits per heavy atom. The molecule has 5 nitrogen and oxygen atoms in total. The van der Waals surface area contributed by atoms with E-state index in [-0.39, 0.29) is 0 Å². The van der Waals surface area contributed by atoms with E-state index >= 15 is 0 Å². The third-order valence-electron chi connectivity index (χ3n) is 3.26. The minimum Gasteiger partial charge on any atom is -0.389 e. The van der Waals surface area contributed by atoms with Gasteiger partial charge in [-0.3, -0.25) is 0 Å². The maximum atomic E-state index is 10.5. The van der Waals surface area contributed by atoms with Gasteiger partial charge in [0.05, 0.1) is 5.60 Å². The minimum absolute atomic E-state index is 0.540. The summed E-state index contributed by atoms with van der Waals surface area (Å²) in [5.74, 6) is 1.45. The van der Waals surface area contributed by atoms with Crippen LogP contribution in [0.5, 0.6) is 0 Å². The molecule has 5 heteroatoms. The Kier molecular flexibility index (Phi) is 3.79. The fraction of sp³-hybridized carbons (Fsp3) is 0.833. The first-order valence-corrected chi connectivity index (χ1v) is 6.39.